The molecule has 168 valence electrons. The zero-order chi connectivity index (χ0) is 23.3. The Bertz CT molecular complexity index is 1230. The molecule has 0 saturated heterocycles. The number of aryl methyl sites for hydroxylation is 1. The Morgan fingerprint density at radius 1 is 0.909 bits per heavy atom. The van der Waals surface area contributed by atoms with Crippen LogP contribution in [-0.4, -0.2) is 9.97 Å². The van der Waals surface area contributed by atoms with Gasteiger partial charge in [0, 0.05) is 22.9 Å². The van der Waals surface area contributed by atoms with Crippen LogP contribution in [0, 0.1) is 6.92 Å². The lowest BCUT2D eigenvalue weighted by atomic mass is 10.1. The van der Waals surface area contributed by atoms with Crippen LogP contribution in [0.3, 0.4) is 0 Å². The SMILES string of the molecule is Cc1cccc(OCc2ccc(-c3nccnc3NSc3ccccc3C(F)(F)F)cc2)c1. The smallest absolute Gasteiger partial charge is 0.417 e. The van der Waals surface area contributed by atoms with Crippen molar-refractivity contribution in [2.75, 3.05) is 4.72 Å². The summed E-state index contributed by atoms with van der Waals surface area (Å²) in [5.74, 6) is 1.18. The first kappa shape index (κ1) is 22.7. The van der Waals surface area contributed by atoms with Gasteiger partial charge in [0.1, 0.15) is 18.1 Å². The van der Waals surface area contributed by atoms with Crippen LogP contribution in [0.2, 0.25) is 0 Å². The summed E-state index contributed by atoms with van der Waals surface area (Å²) in [6.45, 7) is 2.42. The summed E-state index contributed by atoms with van der Waals surface area (Å²) >= 11 is 0.853. The molecular formula is C25H20F3N3OS. The first-order valence-corrected chi connectivity index (χ1v) is 10.9. The van der Waals surface area contributed by atoms with Crippen LogP contribution in [-0.2, 0) is 12.8 Å². The maximum Gasteiger partial charge on any atom is 0.417 e. The molecule has 4 aromatic rings. The van der Waals surface area contributed by atoms with Crippen molar-refractivity contribution in [3.05, 3.63) is 102 Å². The second-order valence-corrected chi connectivity index (χ2v) is 8.10. The molecule has 0 radical (unpaired) electrons. The topological polar surface area (TPSA) is 47.0 Å². The van der Waals surface area contributed by atoms with E-state index in [9.17, 15) is 13.2 Å². The minimum atomic E-state index is -4.44. The van der Waals surface area contributed by atoms with E-state index >= 15 is 0 Å². The number of ether oxygens (including phenoxy) is 1. The molecule has 1 aromatic heterocycles. The van der Waals surface area contributed by atoms with E-state index in [1.807, 2.05) is 55.5 Å². The first-order valence-electron chi connectivity index (χ1n) is 10.1. The second-order valence-electron chi connectivity index (χ2n) is 7.25. The van der Waals surface area contributed by atoms with Crippen molar-refractivity contribution in [3.8, 4) is 17.0 Å². The highest BCUT2D eigenvalue weighted by molar-refractivity contribution is 8.00. The number of benzene rings is 3. The Kier molecular flexibility index (Phi) is 6.84. The van der Waals surface area contributed by atoms with Crippen molar-refractivity contribution in [1.82, 2.24) is 9.97 Å². The maximum atomic E-state index is 13.3. The molecule has 1 heterocycles. The van der Waals surface area contributed by atoms with Crippen LogP contribution in [0.1, 0.15) is 16.7 Å². The average molecular weight is 468 g/mol. The number of hydrogen-bond donors (Lipinski definition) is 1. The Morgan fingerprint density at radius 2 is 1.67 bits per heavy atom. The number of aromatic nitrogens is 2. The number of alkyl halides is 3. The van der Waals surface area contributed by atoms with Gasteiger partial charge in [-0.1, -0.05) is 48.5 Å². The molecule has 0 unspecified atom stereocenters. The molecule has 3 aromatic carbocycles. The second kappa shape index (κ2) is 9.95. The van der Waals surface area contributed by atoms with Crippen LogP contribution in [0.5, 0.6) is 5.75 Å². The van der Waals surface area contributed by atoms with Gasteiger partial charge in [0.15, 0.2) is 5.82 Å². The monoisotopic (exact) mass is 467 g/mol. The van der Waals surface area contributed by atoms with Crippen LogP contribution in [0.25, 0.3) is 11.3 Å². The molecule has 33 heavy (non-hydrogen) atoms. The standard InChI is InChI=1S/C25H20F3N3OS/c1-17-5-4-6-20(15-17)32-16-18-9-11-19(12-10-18)23-24(30-14-13-29-23)31-33-22-8-3-2-7-21(22)25(26,27)28/h2-15H,16H2,1H3,(H,30,31). The summed E-state index contributed by atoms with van der Waals surface area (Å²) in [6, 6.07) is 20.9. The summed E-state index contributed by atoms with van der Waals surface area (Å²) in [6.07, 6.45) is -1.40. The van der Waals surface area contributed by atoms with Crippen molar-refractivity contribution in [2.45, 2.75) is 24.6 Å². The molecule has 0 aliphatic heterocycles. The molecule has 0 spiro atoms. The van der Waals surface area contributed by atoms with Crippen LogP contribution in [0.4, 0.5) is 19.0 Å². The molecule has 8 heteroatoms. The third kappa shape index (κ3) is 5.84. The highest BCUT2D eigenvalue weighted by Crippen LogP contribution is 2.37. The highest BCUT2D eigenvalue weighted by Gasteiger charge is 2.33. The van der Waals surface area contributed by atoms with E-state index in [0.717, 1.165) is 40.5 Å². The van der Waals surface area contributed by atoms with E-state index in [4.69, 9.17) is 4.74 Å². The Hall–Kier alpha value is -3.52. The first-order chi connectivity index (χ1) is 15.9. The lowest BCUT2D eigenvalue weighted by Gasteiger charge is -2.14. The van der Waals surface area contributed by atoms with Crippen LogP contribution in [0.15, 0.2) is 90.1 Å². The summed E-state index contributed by atoms with van der Waals surface area (Å²) in [5.41, 5.74) is 2.73. The number of nitrogens with zero attached hydrogens (tertiary/aromatic N) is 2. The van der Waals surface area contributed by atoms with Crippen molar-refractivity contribution in [2.24, 2.45) is 0 Å². The van der Waals surface area contributed by atoms with E-state index in [2.05, 4.69) is 14.7 Å². The fraction of sp³-hybridized carbons (Fsp3) is 0.120. The van der Waals surface area contributed by atoms with E-state index in [0.29, 0.717) is 18.1 Å². The summed E-state index contributed by atoms with van der Waals surface area (Å²) in [7, 11) is 0. The molecule has 0 bridgehead atoms. The van der Waals surface area contributed by atoms with Crippen molar-refractivity contribution in [3.63, 3.8) is 0 Å². The summed E-state index contributed by atoms with van der Waals surface area (Å²) in [5, 5.41) is 0. The lowest BCUT2D eigenvalue weighted by Crippen LogP contribution is -2.07. The normalized spacial score (nSPS) is 11.3. The van der Waals surface area contributed by atoms with Gasteiger partial charge in [-0.3, -0.25) is 4.98 Å². The minimum Gasteiger partial charge on any atom is -0.489 e. The highest BCUT2D eigenvalue weighted by atomic mass is 32.2. The molecule has 1 N–H and O–H groups in total. The van der Waals surface area contributed by atoms with Gasteiger partial charge in [0.05, 0.1) is 5.56 Å². The Labute approximate surface area is 194 Å². The fourth-order valence-corrected chi connectivity index (χ4v) is 3.94. The van der Waals surface area contributed by atoms with Gasteiger partial charge in [-0.05, 0) is 54.3 Å². The van der Waals surface area contributed by atoms with Gasteiger partial charge in [-0.25, -0.2) is 4.98 Å². The average Bonchev–Trinajstić information content (AvgIpc) is 2.82. The Morgan fingerprint density at radius 3 is 2.42 bits per heavy atom. The fourth-order valence-electron chi connectivity index (χ4n) is 3.15. The Balaban J connectivity index is 1.47. The molecule has 0 fully saturated rings. The van der Waals surface area contributed by atoms with Gasteiger partial charge in [0.2, 0.25) is 0 Å². The van der Waals surface area contributed by atoms with Gasteiger partial charge < -0.3 is 9.46 Å². The largest absolute Gasteiger partial charge is 0.489 e. The number of halogens is 3. The minimum absolute atomic E-state index is 0.0604. The maximum absolute atomic E-state index is 13.3. The third-order valence-electron chi connectivity index (χ3n) is 4.77. The molecule has 4 nitrogen and oxygen atoms in total. The molecule has 0 aliphatic rings. The zero-order valence-electron chi connectivity index (χ0n) is 17.6. The molecule has 0 atom stereocenters. The zero-order valence-corrected chi connectivity index (χ0v) is 18.5. The quantitative estimate of drug-likeness (QED) is 0.292. The number of hydrogen-bond acceptors (Lipinski definition) is 5. The van der Waals surface area contributed by atoms with Crippen LogP contribution < -0.4 is 9.46 Å². The van der Waals surface area contributed by atoms with E-state index < -0.39 is 11.7 Å². The van der Waals surface area contributed by atoms with E-state index in [1.54, 1.807) is 12.3 Å². The van der Waals surface area contributed by atoms with Crippen molar-refractivity contribution < 1.29 is 17.9 Å². The number of rotatable bonds is 7. The van der Waals surface area contributed by atoms with Crippen LogP contribution >= 0.6 is 11.9 Å². The lowest BCUT2D eigenvalue weighted by molar-refractivity contribution is -0.139. The van der Waals surface area contributed by atoms with Gasteiger partial charge >= 0.3 is 6.18 Å². The molecule has 0 amide bonds. The van der Waals surface area contributed by atoms with Gasteiger partial charge in [-0.15, -0.1) is 0 Å². The van der Waals surface area contributed by atoms with Gasteiger partial charge in [0.25, 0.3) is 0 Å². The van der Waals surface area contributed by atoms with E-state index in [1.165, 1.54) is 18.3 Å². The van der Waals surface area contributed by atoms with Crippen molar-refractivity contribution >= 4 is 17.8 Å². The predicted octanol–water partition coefficient (Wildman–Crippen LogP) is 7.17. The number of nitrogens with one attached hydrogen (secondary N) is 1. The summed E-state index contributed by atoms with van der Waals surface area (Å²) < 4.78 is 48.6. The number of anilines is 1. The molecule has 0 saturated carbocycles. The molecular weight excluding hydrogens is 447 g/mol. The third-order valence-corrected chi connectivity index (χ3v) is 5.64. The predicted molar refractivity (Wildman–Crippen MR) is 124 cm³/mol. The molecule has 0 aliphatic carbocycles. The van der Waals surface area contributed by atoms with Crippen molar-refractivity contribution in [1.29, 1.82) is 0 Å². The van der Waals surface area contributed by atoms with Gasteiger partial charge in [-0.2, -0.15) is 13.2 Å². The summed E-state index contributed by atoms with van der Waals surface area (Å²) in [4.78, 5) is 8.70. The van der Waals surface area contributed by atoms with E-state index in [-0.39, 0.29) is 4.90 Å². The molecule has 4 rings (SSSR count).